The Kier molecular flexibility index (Phi) is 3.48. The van der Waals surface area contributed by atoms with Gasteiger partial charge in [0, 0.05) is 37.0 Å². The van der Waals surface area contributed by atoms with Crippen LogP contribution in [0.1, 0.15) is 10.5 Å². The van der Waals surface area contributed by atoms with E-state index >= 15 is 0 Å². The number of aryl methyl sites for hydroxylation is 1. The highest BCUT2D eigenvalue weighted by Crippen LogP contribution is 2.17. The van der Waals surface area contributed by atoms with E-state index in [1.165, 1.54) is 4.68 Å². The van der Waals surface area contributed by atoms with Gasteiger partial charge in [-0.1, -0.05) is 18.2 Å². The second kappa shape index (κ2) is 5.28. The minimum absolute atomic E-state index is 0.0860. The van der Waals surface area contributed by atoms with E-state index in [1.54, 1.807) is 25.2 Å². The van der Waals surface area contributed by atoms with Crippen molar-refractivity contribution in [3.8, 4) is 0 Å². The normalized spacial score (nSPS) is 15.6. The number of hydrogen-bond acceptors (Lipinski definition) is 4. The number of nitrogens with zero attached hydrogens (tertiary/aromatic N) is 3. The first-order chi connectivity index (χ1) is 9.68. The molecule has 2 heterocycles. The number of carbonyl (C=O) groups excluding carboxylic acids is 1. The summed E-state index contributed by atoms with van der Waals surface area (Å²) in [7, 11) is 1.58. The molecule has 20 heavy (non-hydrogen) atoms. The number of thioether (sulfide) groups is 1. The first-order valence-electron chi connectivity index (χ1n) is 6.51. The second-order valence-electron chi connectivity index (χ2n) is 4.73. The zero-order valence-electron chi connectivity index (χ0n) is 11.2. The van der Waals surface area contributed by atoms with Gasteiger partial charge in [0.05, 0.1) is 5.39 Å². The Hall–Kier alpha value is -1.82. The summed E-state index contributed by atoms with van der Waals surface area (Å²) in [5, 5.41) is 5.36. The van der Waals surface area contributed by atoms with Crippen LogP contribution in [0.25, 0.3) is 10.8 Å². The fourth-order valence-corrected chi connectivity index (χ4v) is 3.28. The van der Waals surface area contributed by atoms with Gasteiger partial charge in [-0.3, -0.25) is 9.59 Å². The molecule has 3 rings (SSSR count). The molecule has 0 saturated carbocycles. The zero-order valence-corrected chi connectivity index (χ0v) is 12.0. The van der Waals surface area contributed by atoms with Gasteiger partial charge in [0.25, 0.3) is 11.5 Å². The van der Waals surface area contributed by atoms with Crippen LogP contribution < -0.4 is 5.56 Å². The fraction of sp³-hybridized carbons (Fsp3) is 0.357. The van der Waals surface area contributed by atoms with Crippen molar-refractivity contribution in [1.82, 2.24) is 14.7 Å². The van der Waals surface area contributed by atoms with Crippen LogP contribution in [0.15, 0.2) is 29.1 Å². The third kappa shape index (κ3) is 2.20. The lowest BCUT2D eigenvalue weighted by Crippen LogP contribution is -2.39. The average molecular weight is 289 g/mol. The lowest BCUT2D eigenvalue weighted by Gasteiger charge is -2.26. The molecule has 1 aliphatic rings. The van der Waals surface area contributed by atoms with Crippen LogP contribution in [0.4, 0.5) is 0 Å². The predicted octanol–water partition coefficient (Wildman–Crippen LogP) is 1.12. The van der Waals surface area contributed by atoms with Gasteiger partial charge in [0.15, 0.2) is 5.69 Å². The lowest BCUT2D eigenvalue weighted by atomic mass is 10.1. The molecule has 0 aliphatic carbocycles. The van der Waals surface area contributed by atoms with Gasteiger partial charge in [-0.05, 0) is 6.07 Å². The van der Waals surface area contributed by atoms with Crippen molar-refractivity contribution in [2.24, 2.45) is 7.05 Å². The van der Waals surface area contributed by atoms with Gasteiger partial charge in [0.1, 0.15) is 0 Å². The number of rotatable bonds is 1. The van der Waals surface area contributed by atoms with Crippen molar-refractivity contribution in [3.63, 3.8) is 0 Å². The van der Waals surface area contributed by atoms with E-state index in [0.717, 1.165) is 24.6 Å². The van der Waals surface area contributed by atoms with E-state index in [-0.39, 0.29) is 11.5 Å². The number of carbonyl (C=O) groups is 1. The van der Waals surface area contributed by atoms with Gasteiger partial charge in [-0.2, -0.15) is 16.9 Å². The van der Waals surface area contributed by atoms with Crippen molar-refractivity contribution in [2.45, 2.75) is 0 Å². The molecule has 1 aromatic heterocycles. The summed E-state index contributed by atoms with van der Waals surface area (Å²) in [6, 6.07) is 7.15. The molecule has 104 valence electrons. The van der Waals surface area contributed by atoms with Crippen LogP contribution in [0.3, 0.4) is 0 Å². The molecule has 0 atom stereocenters. The summed E-state index contributed by atoms with van der Waals surface area (Å²) in [5.41, 5.74) is 0.195. The highest BCUT2D eigenvalue weighted by atomic mass is 32.2. The Balaban J connectivity index is 2.13. The largest absolute Gasteiger partial charge is 0.336 e. The number of fused-ring (bicyclic) bond motifs is 1. The smallest absolute Gasteiger partial charge is 0.275 e. The first kappa shape index (κ1) is 13.2. The van der Waals surface area contributed by atoms with Crippen LogP contribution in [0, 0.1) is 0 Å². The summed E-state index contributed by atoms with van der Waals surface area (Å²) >= 11 is 1.85. The van der Waals surface area contributed by atoms with Crippen LogP contribution in [0.2, 0.25) is 0 Å². The maximum absolute atomic E-state index is 12.6. The third-order valence-electron chi connectivity index (χ3n) is 3.46. The molecule has 1 saturated heterocycles. The van der Waals surface area contributed by atoms with E-state index in [0.29, 0.717) is 16.5 Å². The summed E-state index contributed by atoms with van der Waals surface area (Å²) < 4.78 is 1.24. The van der Waals surface area contributed by atoms with Crippen molar-refractivity contribution >= 4 is 28.4 Å². The van der Waals surface area contributed by atoms with Gasteiger partial charge < -0.3 is 4.90 Å². The van der Waals surface area contributed by atoms with E-state index in [4.69, 9.17) is 0 Å². The maximum atomic E-state index is 12.6. The van der Waals surface area contributed by atoms with Crippen LogP contribution in [-0.2, 0) is 7.05 Å². The lowest BCUT2D eigenvalue weighted by molar-refractivity contribution is 0.0766. The van der Waals surface area contributed by atoms with Crippen molar-refractivity contribution in [1.29, 1.82) is 0 Å². The topological polar surface area (TPSA) is 55.2 Å². The molecule has 1 aliphatic heterocycles. The molecule has 2 aromatic rings. The number of hydrogen-bond donors (Lipinski definition) is 0. The number of aromatic nitrogens is 2. The van der Waals surface area contributed by atoms with Crippen molar-refractivity contribution in [2.75, 3.05) is 24.6 Å². The standard InChI is InChI=1S/C14H15N3O2S/c1-16-13(18)11-5-3-2-4-10(11)12(15-16)14(19)17-6-8-20-9-7-17/h2-5H,6-9H2,1H3. The molecule has 1 aromatic carbocycles. The molecule has 1 amide bonds. The maximum Gasteiger partial charge on any atom is 0.275 e. The van der Waals surface area contributed by atoms with E-state index in [9.17, 15) is 9.59 Å². The molecule has 6 heteroatoms. The van der Waals surface area contributed by atoms with Crippen molar-refractivity contribution < 1.29 is 4.79 Å². The zero-order chi connectivity index (χ0) is 14.1. The summed E-state index contributed by atoms with van der Waals surface area (Å²) in [6.45, 7) is 1.48. The van der Waals surface area contributed by atoms with E-state index < -0.39 is 0 Å². The predicted molar refractivity (Wildman–Crippen MR) is 80.2 cm³/mol. The van der Waals surface area contributed by atoms with Crippen LogP contribution >= 0.6 is 11.8 Å². The summed E-state index contributed by atoms with van der Waals surface area (Å²) in [4.78, 5) is 26.5. The molecule has 0 radical (unpaired) electrons. The monoisotopic (exact) mass is 289 g/mol. The molecule has 0 bridgehead atoms. The molecule has 5 nitrogen and oxygen atoms in total. The van der Waals surface area contributed by atoms with E-state index in [1.807, 2.05) is 22.7 Å². The summed E-state index contributed by atoms with van der Waals surface area (Å²) in [6.07, 6.45) is 0. The Bertz CT molecular complexity index is 720. The van der Waals surface area contributed by atoms with Gasteiger partial charge in [-0.25, -0.2) is 4.68 Å². The molecule has 0 unspecified atom stereocenters. The minimum Gasteiger partial charge on any atom is -0.336 e. The SMILES string of the molecule is Cn1nc(C(=O)N2CCSCC2)c2ccccc2c1=O. The van der Waals surface area contributed by atoms with Gasteiger partial charge >= 0.3 is 0 Å². The Labute approximate surface area is 120 Å². The molecule has 0 N–H and O–H groups in total. The van der Waals surface area contributed by atoms with Gasteiger partial charge in [-0.15, -0.1) is 0 Å². The highest BCUT2D eigenvalue weighted by Gasteiger charge is 2.22. The molecular weight excluding hydrogens is 274 g/mol. The minimum atomic E-state index is -0.175. The third-order valence-corrected chi connectivity index (χ3v) is 4.40. The Morgan fingerprint density at radius 3 is 2.55 bits per heavy atom. The highest BCUT2D eigenvalue weighted by molar-refractivity contribution is 7.99. The first-order valence-corrected chi connectivity index (χ1v) is 7.67. The van der Waals surface area contributed by atoms with Crippen LogP contribution in [0.5, 0.6) is 0 Å². The summed E-state index contributed by atoms with van der Waals surface area (Å²) in [5.74, 6) is 1.82. The Morgan fingerprint density at radius 2 is 1.85 bits per heavy atom. The quantitative estimate of drug-likeness (QED) is 0.789. The van der Waals surface area contributed by atoms with E-state index in [2.05, 4.69) is 5.10 Å². The van der Waals surface area contributed by atoms with Gasteiger partial charge in [0.2, 0.25) is 0 Å². The van der Waals surface area contributed by atoms with Crippen LogP contribution in [-0.4, -0.2) is 45.2 Å². The molecule has 0 spiro atoms. The second-order valence-corrected chi connectivity index (χ2v) is 5.95. The number of amides is 1. The number of benzene rings is 1. The average Bonchev–Trinajstić information content (AvgIpc) is 2.51. The molecule has 1 fully saturated rings. The molecular formula is C14H15N3O2S. The Morgan fingerprint density at radius 1 is 1.20 bits per heavy atom. The van der Waals surface area contributed by atoms with Crippen molar-refractivity contribution in [3.05, 3.63) is 40.3 Å². The fourth-order valence-electron chi connectivity index (χ4n) is 2.37.